The van der Waals surface area contributed by atoms with Crippen LogP contribution in [-0.4, -0.2) is 30.6 Å². The molecule has 3 atom stereocenters. The van der Waals surface area contributed by atoms with Gasteiger partial charge in [-0.25, -0.2) is 8.42 Å². The molecule has 0 aliphatic carbocycles. The number of carbonyl (C=O) groups is 1. The Bertz CT molecular complexity index is 721. The van der Waals surface area contributed by atoms with Crippen molar-refractivity contribution in [1.82, 2.24) is 4.31 Å². The van der Waals surface area contributed by atoms with Crippen LogP contribution in [0.15, 0.2) is 54.5 Å². The maximum Gasteiger partial charge on any atom is 0.243 e. The number of aryl methyl sites for hydroxylation is 1. The third-order valence-corrected chi connectivity index (χ3v) is 6.67. The lowest BCUT2D eigenvalue weighted by atomic mass is 9.83. The van der Waals surface area contributed by atoms with Gasteiger partial charge in [0.2, 0.25) is 10.0 Å². The normalized spacial score (nSPS) is 25.4. The minimum Gasteiger partial charge on any atom is -0.298 e. The summed E-state index contributed by atoms with van der Waals surface area (Å²) in [5.74, 6) is -0.109. The quantitative estimate of drug-likeness (QED) is 0.740. The molecule has 24 heavy (non-hydrogen) atoms. The van der Waals surface area contributed by atoms with E-state index < -0.39 is 16.1 Å². The first-order valence-electron chi connectivity index (χ1n) is 8.17. The molecule has 1 aliphatic heterocycles. The maximum atomic E-state index is 13.2. The summed E-state index contributed by atoms with van der Waals surface area (Å²) in [7, 11) is -3.75. The zero-order valence-electron chi connectivity index (χ0n) is 14.3. The van der Waals surface area contributed by atoms with Crippen molar-refractivity contribution < 1.29 is 13.2 Å². The number of hydrogen-bond donors (Lipinski definition) is 0. The van der Waals surface area contributed by atoms with Gasteiger partial charge in [-0.15, -0.1) is 13.2 Å². The SMILES string of the molecule is C=CC[C@H]1CC(=O)[C@H](C)N(S(=O)(=O)c2ccc(C)cc2)[C@@H]1CC=C. The Hall–Kier alpha value is -1.72. The van der Waals surface area contributed by atoms with Crippen LogP contribution in [0.4, 0.5) is 0 Å². The first kappa shape index (κ1) is 18.6. The predicted octanol–water partition coefficient (Wildman–Crippen LogP) is 3.48. The van der Waals surface area contributed by atoms with Crippen molar-refractivity contribution in [3.63, 3.8) is 0 Å². The number of hydrogen-bond acceptors (Lipinski definition) is 3. The summed E-state index contributed by atoms with van der Waals surface area (Å²) >= 11 is 0. The molecular formula is C19H25NO3S. The molecular weight excluding hydrogens is 322 g/mol. The van der Waals surface area contributed by atoms with Crippen LogP contribution in [0, 0.1) is 12.8 Å². The van der Waals surface area contributed by atoms with Crippen LogP contribution >= 0.6 is 0 Å². The average Bonchev–Trinajstić information content (AvgIpc) is 2.53. The Morgan fingerprint density at radius 2 is 1.75 bits per heavy atom. The molecule has 1 aliphatic rings. The van der Waals surface area contributed by atoms with E-state index in [4.69, 9.17) is 0 Å². The molecule has 0 saturated carbocycles. The summed E-state index contributed by atoms with van der Waals surface area (Å²) in [4.78, 5) is 12.6. The number of Topliss-reactive ketones (excluding diaryl/α,β-unsaturated/α-hetero) is 1. The van der Waals surface area contributed by atoms with Crippen LogP contribution in [0.3, 0.4) is 0 Å². The standard InChI is InChI=1S/C19H25NO3S/c1-5-7-16-13-19(21)15(4)20(18(16)8-6-2)24(22,23)17-11-9-14(3)10-12-17/h5-6,9-12,15-16,18H,1-2,7-8,13H2,3-4H3/t15-,16-,18+/m0/s1. The highest BCUT2D eigenvalue weighted by molar-refractivity contribution is 7.89. The number of ketones is 1. The predicted molar refractivity (Wildman–Crippen MR) is 96.2 cm³/mol. The molecule has 1 fully saturated rings. The van der Waals surface area contributed by atoms with Gasteiger partial charge >= 0.3 is 0 Å². The summed E-state index contributed by atoms with van der Waals surface area (Å²) in [5.41, 5.74) is 0.990. The van der Waals surface area contributed by atoms with E-state index in [-0.39, 0.29) is 22.6 Å². The number of piperidine rings is 1. The molecule has 0 amide bonds. The van der Waals surface area contributed by atoms with Crippen LogP contribution in [0.2, 0.25) is 0 Å². The number of nitrogens with zero attached hydrogens (tertiary/aromatic N) is 1. The van der Waals surface area contributed by atoms with Gasteiger partial charge in [-0.2, -0.15) is 4.31 Å². The number of allylic oxidation sites excluding steroid dienone is 1. The van der Waals surface area contributed by atoms with E-state index in [1.165, 1.54) is 4.31 Å². The number of rotatable bonds is 6. The lowest BCUT2D eigenvalue weighted by Gasteiger charge is -2.43. The van der Waals surface area contributed by atoms with Crippen LogP contribution in [0.5, 0.6) is 0 Å². The molecule has 1 aromatic carbocycles. The first-order valence-corrected chi connectivity index (χ1v) is 9.61. The minimum absolute atomic E-state index is 0.0437. The Morgan fingerprint density at radius 3 is 2.29 bits per heavy atom. The van der Waals surface area contributed by atoms with E-state index in [9.17, 15) is 13.2 Å². The molecule has 1 heterocycles. The molecule has 0 N–H and O–H groups in total. The summed E-state index contributed by atoms with van der Waals surface area (Å²) in [6.07, 6.45) is 4.98. The second kappa shape index (κ2) is 7.45. The number of benzene rings is 1. The van der Waals surface area contributed by atoms with Crippen molar-refractivity contribution in [3.8, 4) is 0 Å². The van der Waals surface area contributed by atoms with Crippen molar-refractivity contribution >= 4 is 15.8 Å². The molecule has 0 spiro atoms. The Kier molecular flexibility index (Phi) is 5.78. The van der Waals surface area contributed by atoms with E-state index in [0.29, 0.717) is 19.3 Å². The fourth-order valence-electron chi connectivity index (χ4n) is 3.34. The summed E-state index contributed by atoms with van der Waals surface area (Å²) in [6.45, 7) is 11.1. The van der Waals surface area contributed by atoms with E-state index in [1.807, 2.05) is 6.92 Å². The van der Waals surface area contributed by atoms with Crippen molar-refractivity contribution in [2.75, 3.05) is 0 Å². The van der Waals surface area contributed by atoms with E-state index >= 15 is 0 Å². The lowest BCUT2D eigenvalue weighted by molar-refractivity contribution is -0.127. The molecule has 0 unspecified atom stereocenters. The number of sulfonamides is 1. The van der Waals surface area contributed by atoms with Gasteiger partial charge < -0.3 is 0 Å². The van der Waals surface area contributed by atoms with Gasteiger partial charge in [0.15, 0.2) is 5.78 Å². The first-order chi connectivity index (χ1) is 11.3. The Balaban J connectivity index is 2.51. The van der Waals surface area contributed by atoms with Gasteiger partial charge in [0.05, 0.1) is 10.9 Å². The second-order valence-corrected chi connectivity index (χ2v) is 8.21. The highest BCUT2D eigenvalue weighted by atomic mass is 32.2. The van der Waals surface area contributed by atoms with Gasteiger partial charge in [0.25, 0.3) is 0 Å². The van der Waals surface area contributed by atoms with E-state index in [2.05, 4.69) is 13.2 Å². The smallest absolute Gasteiger partial charge is 0.243 e. The highest BCUT2D eigenvalue weighted by Crippen LogP contribution is 2.35. The Morgan fingerprint density at radius 1 is 1.17 bits per heavy atom. The largest absolute Gasteiger partial charge is 0.298 e. The zero-order chi connectivity index (χ0) is 17.9. The van der Waals surface area contributed by atoms with Crippen molar-refractivity contribution in [1.29, 1.82) is 0 Å². The summed E-state index contributed by atoms with van der Waals surface area (Å²) in [5, 5.41) is 0. The van der Waals surface area contributed by atoms with Crippen molar-refractivity contribution in [3.05, 3.63) is 55.1 Å². The minimum atomic E-state index is -3.75. The molecule has 130 valence electrons. The fraction of sp³-hybridized carbons (Fsp3) is 0.421. The van der Waals surface area contributed by atoms with Crippen molar-refractivity contribution in [2.24, 2.45) is 5.92 Å². The van der Waals surface area contributed by atoms with Gasteiger partial charge in [0.1, 0.15) is 0 Å². The molecule has 5 heteroatoms. The number of carbonyl (C=O) groups excluding carboxylic acids is 1. The highest BCUT2D eigenvalue weighted by Gasteiger charge is 2.45. The van der Waals surface area contributed by atoms with E-state index in [0.717, 1.165) is 5.56 Å². The monoisotopic (exact) mass is 347 g/mol. The summed E-state index contributed by atoms with van der Waals surface area (Å²) in [6, 6.07) is 5.80. The van der Waals surface area contributed by atoms with Gasteiger partial charge in [-0.1, -0.05) is 29.8 Å². The van der Waals surface area contributed by atoms with Gasteiger partial charge in [-0.3, -0.25) is 4.79 Å². The molecule has 1 aromatic rings. The lowest BCUT2D eigenvalue weighted by Crippen LogP contribution is -2.56. The Labute approximate surface area is 144 Å². The summed E-state index contributed by atoms with van der Waals surface area (Å²) < 4.78 is 27.8. The third-order valence-electron chi connectivity index (χ3n) is 4.66. The van der Waals surface area contributed by atoms with Crippen molar-refractivity contribution in [2.45, 2.75) is 50.1 Å². The van der Waals surface area contributed by atoms with E-state index in [1.54, 1.807) is 43.3 Å². The third kappa shape index (κ3) is 3.52. The second-order valence-electron chi connectivity index (χ2n) is 6.37. The average molecular weight is 347 g/mol. The molecule has 0 aromatic heterocycles. The molecule has 4 nitrogen and oxygen atoms in total. The molecule has 0 bridgehead atoms. The fourth-order valence-corrected chi connectivity index (χ4v) is 5.21. The molecule has 1 saturated heterocycles. The maximum absolute atomic E-state index is 13.2. The van der Waals surface area contributed by atoms with Crippen LogP contribution in [0.25, 0.3) is 0 Å². The van der Waals surface area contributed by atoms with Crippen LogP contribution in [0.1, 0.15) is 31.7 Å². The molecule has 2 rings (SSSR count). The van der Waals surface area contributed by atoms with Crippen LogP contribution < -0.4 is 0 Å². The van der Waals surface area contributed by atoms with Gasteiger partial charge in [-0.05, 0) is 44.7 Å². The zero-order valence-corrected chi connectivity index (χ0v) is 15.1. The topological polar surface area (TPSA) is 54.5 Å². The van der Waals surface area contributed by atoms with Crippen LogP contribution in [-0.2, 0) is 14.8 Å². The van der Waals surface area contributed by atoms with Gasteiger partial charge in [0, 0.05) is 12.5 Å². The molecule has 0 radical (unpaired) electrons.